The first-order valence-electron chi connectivity index (χ1n) is 4.68. The number of hydrogen-bond acceptors (Lipinski definition) is 5. The van der Waals surface area contributed by atoms with Gasteiger partial charge in [0.1, 0.15) is 11.6 Å². The average Bonchev–Trinajstić information content (AvgIpc) is 2.65. The number of aromatic nitrogens is 1. The van der Waals surface area contributed by atoms with Gasteiger partial charge in [0, 0.05) is 5.38 Å². The average molecular weight is 269 g/mol. The van der Waals surface area contributed by atoms with Crippen LogP contribution in [-0.2, 0) is 16.1 Å². The summed E-state index contributed by atoms with van der Waals surface area (Å²) in [7, 11) is 0. The van der Waals surface area contributed by atoms with Crippen molar-refractivity contribution in [2.24, 2.45) is 0 Å². The summed E-state index contributed by atoms with van der Waals surface area (Å²) in [6.45, 7) is 0.263. The molecule has 0 saturated heterocycles. The highest BCUT2D eigenvalue weighted by Gasteiger charge is 2.27. The van der Waals surface area contributed by atoms with Gasteiger partial charge in [-0.25, -0.2) is 9.78 Å². The molecule has 96 valence electrons. The second-order valence-corrected chi connectivity index (χ2v) is 3.90. The summed E-state index contributed by atoms with van der Waals surface area (Å²) in [6, 6.07) is 0. The van der Waals surface area contributed by atoms with Gasteiger partial charge in [0.2, 0.25) is 0 Å². The number of esters is 1. The van der Waals surface area contributed by atoms with Crippen molar-refractivity contribution in [3.05, 3.63) is 16.1 Å². The second kappa shape index (κ2) is 5.97. The largest absolute Gasteiger partial charge is 0.461 e. The summed E-state index contributed by atoms with van der Waals surface area (Å²) in [5.74, 6) is -0.592. The number of thiazole rings is 1. The Kier molecular flexibility index (Phi) is 4.88. The van der Waals surface area contributed by atoms with Gasteiger partial charge in [0.05, 0.1) is 13.2 Å². The third-order valence-electron chi connectivity index (χ3n) is 1.53. The van der Waals surface area contributed by atoms with Gasteiger partial charge >= 0.3 is 12.1 Å². The van der Waals surface area contributed by atoms with Crippen LogP contribution in [0.3, 0.4) is 0 Å². The van der Waals surface area contributed by atoms with Gasteiger partial charge < -0.3 is 9.47 Å². The van der Waals surface area contributed by atoms with Crippen molar-refractivity contribution < 1.29 is 27.4 Å². The van der Waals surface area contributed by atoms with Gasteiger partial charge in [-0.2, -0.15) is 13.2 Å². The van der Waals surface area contributed by atoms with Crippen LogP contribution in [-0.4, -0.2) is 30.3 Å². The van der Waals surface area contributed by atoms with Crippen LogP contribution in [0.5, 0.6) is 0 Å². The van der Waals surface area contributed by atoms with Crippen molar-refractivity contribution in [2.75, 3.05) is 13.2 Å². The maximum Gasteiger partial charge on any atom is 0.411 e. The molecule has 0 aliphatic heterocycles. The number of halogens is 3. The Morgan fingerprint density at radius 2 is 2.24 bits per heavy atom. The van der Waals surface area contributed by atoms with Gasteiger partial charge in [-0.15, -0.1) is 11.3 Å². The van der Waals surface area contributed by atoms with Crippen molar-refractivity contribution in [3.8, 4) is 0 Å². The summed E-state index contributed by atoms with van der Waals surface area (Å²) in [5, 5.41) is 1.72. The highest BCUT2D eigenvalue weighted by Crippen LogP contribution is 2.17. The smallest absolute Gasteiger partial charge is 0.411 e. The zero-order chi connectivity index (χ0) is 12.9. The number of alkyl halides is 3. The van der Waals surface area contributed by atoms with E-state index in [-0.39, 0.29) is 18.9 Å². The van der Waals surface area contributed by atoms with Gasteiger partial charge in [-0.05, 0) is 6.92 Å². The molecular weight excluding hydrogens is 259 g/mol. The normalized spacial score (nSPS) is 11.5. The molecule has 0 aromatic carbocycles. The minimum absolute atomic E-state index is 0.0856. The first kappa shape index (κ1) is 13.9. The maximum atomic E-state index is 11.8. The van der Waals surface area contributed by atoms with Crippen molar-refractivity contribution in [1.29, 1.82) is 0 Å². The minimum atomic E-state index is -4.36. The lowest BCUT2D eigenvalue weighted by Crippen LogP contribution is -2.16. The number of nitrogens with zero attached hydrogens (tertiary/aromatic N) is 1. The lowest BCUT2D eigenvalue weighted by Gasteiger charge is -2.05. The van der Waals surface area contributed by atoms with Crippen LogP contribution < -0.4 is 0 Å². The topological polar surface area (TPSA) is 48.4 Å². The van der Waals surface area contributed by atoms with Crippen LogP contribution >= 0.6 is 11.3 Å². The minimum Gasteiger partial charge on any atom is -0.461 e. The lowest BCUT2D eigenvalue weighted by atomic mass is 10.5. The molecule has 4 nitrogen and oxygen atoms in total. The molecule has 0 atom stereocenters. The molecule has 0 N–H and O–H groups in total. The van der Waals surface area contributed by atoms with E-state index >= 15 is 0 Å². The van der Waals surface area contributed by atoms with E-state index in [1.54, 1.807) is 6.92 Å². The van der Waals surface area contributed by atoms with E-state index in [4.69, 9.17) is 0 Å². The van der Waals surface area contributed by atoms with Gasteiger partial charge in [-0.3, -0.25) is 0 Å². The highest BCUT2D eigenvalue weighted by molar-refractivity contribution is 7.09. The summed E-state index contributed by atoms with van der Waals surface area (Å²) in [5.41, 5.74) is 0.0856. The van der Waals surface area contributed by atoms with Crippen molar-refractivity contribution in [3.63, 3.8) is 0 Å². The fourth-order valence-electron chi connectivity index (χ4n) is 0.930. The quantitative estimate of drug-likeness (QED) is 0.770. The molecule has 0 amide bonds. The van der Waals surface area contributed by atoms with Gasteiger partial charge in [-0.1, -0.05) is 0 Å². The third kappa shape index (κ3) is 5.14. The van der Waals surface area contributed by atoms with Crippen LogP contribution in [0.2, 0.25) is 0 Å². The molecule has 0 spiro atoms. The molecule has 0 unspecified atom stereocenters. The van der Waals surface area contributed by atoms with Crippen molar-refractivity contribution >= 4 is 17.3 Å². The highest BCUT2D eigenvalue weighted by atomic mass is 32.1. The lowest BCUT2D eigenvalue weighted by molar-refractivity contribution is -0.176. The fourth-order valence-corrected chi connectivity index (χ4v) is 1.63. The Hall–Kier alpha value is -1.15. The Morgan fingerprint density at radius 1 is 1.53 bits per heavy atom. The van der Waals surface area contributed by atoms with Crippen LogP contribution in [0.15, 0.2) is 5.38 Å². The molecule has 0 aliphatic rings. The molecule has 0 bridgehead atoms. The molecule has 17 heavy (non-hydrogen) atoms. The summed E-state index contributed by atoms with van der Waals surface area (Å²) in [6.07, 6.45) is -4.36. The molecule has 0 radical (unpaired) electrons. The molecule has 1 aromatic heterocycles. The van der Waals surface area contributed by atoms with E-state index in [0.29, 0.717) is 5.01 Å². The first-order chi connectivity index (χ1) is 7.92. The van der Waals surface area contributed by atoms with Crippen molar-refractivity contribution in [1.82, 2.24) is 4.98 Å². The van der Waals surface area contributed by atoms with E-state index < -0.39 is 18.8 Å². The molecule has 1 heterocycles. The fraction of sp³-hybridized carbons (Fsp3) is 0.556. The Balaban J connectivity index is 2.43. The predicted molar refractivity (Wildman–Crippen MR) is 53.8 cm³/mol. The molecule has 1 rings (SSSR count). The second-order valence-electron chi connectivity index (χ2n) is 2.95. The molecular formula is C9H10F3NO3S. The van der Waals surface area contributed by atoms with Crippen LogP contribution in [0.25, 0.3) is 0 Å². The van der Waals surface area contributed by atoms with E-state index in [0.717, 1.165) is 11.3 Å². The standard InChI is InChI=1S/C9H10F3NO3S/c1-2-16-8(14)6-4-17-7(13-6)3-15-5-9(10,11)12/h4H,2-3,5H2,1H3. The number of carbonyl (C=O) groups is 1. The Morgan fingerprint density at radius 3 is 2.82 bits per heavy atom. The number of carbonyl (C=O) groups excluding carboxylic acids is 1. The Labute approximate surface area is 99.4 Å². The summed E-state index contributed by atoms with van der Waals surface area (Å²) >= 11 is 1.05. The van der Waals surface area contributed by atoms with Crippen LogP contribution in [0, 0.1) is 0 Å². The maximum absolute atomic E-state index is 11.8. The van der Waals surface area contributed by atoms with Crippen molar-refractivity contribution in [2.45, 2.75) is 19.7 Å². The molecule has 1 aromatic rings. The zero-order valence-electron chi connectivity index (χ0n) is 8.91. The number of rotatable bonds is 5. The van der Waals surface area contributed by atoms with E-state index in [1.807, 2.05) is 0 Å². The first-order valence-corrected chi connectivity index (χ1v) is 5.56. The summed E-state index contributed by atoms with van der Waals surface area (Å²) < 4.78 is 44.4. The summed E-state index contributed by atoms with van der Waals surface area (Å²) in [4.78, 5) is 15.0. The van der Waals surface area contributed by atoms with Gasteiger partial charge in [0.15, 0.2) is 5.69 Å². The SMILES string of the molecule is CCOC(=O)c1csc(COCC(F)(F)F)n1. The number of ether oxygens (including phenoxy) is 2. The van der Waals surface area contributed by atoms with E-state index in [1.165, 1.54) is 5.38 Å². The van der Waals surface area contributed by atoms with Crippen LogP contribution in [0.4, 0.5) is 13.2 Å². The molecule has 0 fully saturated rings. The van der Waals surface area contributed by atoms with E-state index in [9.17, 15) is 18.0 Å². The van der Waals surface area contributed by atoms with Crippen LogP contribution in [0.1, 0.15) is 22.4 Å². The zero-order valence-corrected chi connectivity index (χ0v) is 9.73. The van der Waals surface area contributed by atoms with Gasteiger partial charge in [0.25, 0.3) is 0 Å². The van der Waals surface area contributed by atoms with E-state index in [2.05, 4.69) is 14.5 Å². The molecule has 0 aliphatic carbocycles. The molecule has 8 heteroatoms. The Bertz CT molecular complexity index is 378. The molecule has 0 saturated carbocycles. The third-order valence-corrected chi connectivity index (χ3v) is 2.35. The number of hydrogen-bond donors (Lipinski definition) is 0. The predicted octanol–water partition coefficient (Wildman–Crippen LogP) is 2.40. The monoisotopic (exact) mass is 269 g/mol.